The van der Waals surface area contributed by atoms with Crippen molar-refractivity contribution in [3.8, 4) is 0 Å². The van der Waals surface area contributed by atoms with Crippen LogP contribution in [0.1, 0.15) is 174 Å². The molecule has 0 radical (unpaired) electrons. The summed E-state index contributed by atoms with van der Waals surface area (Å²) in [6.45, 7) is 3.57. The molecule has 1 aliphatic carbocycles. The number of phosphoric ester groups is 1. The van der Waals surface area contributed by atoms with Gasteiger partial charge in [0, 0.05) is 6.42 Å². The number of carbonyl (C=O) groups is 1. The van der Waals surface area contributed by atoms with Gasteiger partial charge in [0.15, 0.2) is 6.10 Å². The molecule has 1 fully saturated rings. The molecule has 0 aromatic rings. The summed E-state index contributed by atoms with van der Waals surface area (Å²) < 4.78 is 33.9. The van der Waals surface area contributed by atoms with E-state index in [0.29, 0.717) is 6.42 Å². The highest BCUT2D eigenvalue weighted by atomic mass is 31.2. The average Bonchev–Trinajstić information content (AvgIpc) is 3.23. The molecule has 0 bridgehead atoms. The van der Waals surface area contributed by atoms with E-state index in [1.807, 2.05) is 6.08 Å². The second kappa shape index (κ2) is 37.4. The van der Waals surface area contributed by atoms with Crippen LogP contribution in [-0.2, 0) is 27.9 Å². The zero-order chi connectivity index (χ0) is 44.1. The molecule has 6 N–H and O–H groups in total. The molecule has 8 atom stereocenters. The van der Waals surface area contributed by atoms with Crippen molar-refractivity contribution in [3.63, 3.8) is 0 Å². The van der Waals surface area contributed by atoms with E-state index in [1.54, 1.807) is 0 Å². The van der Waals surface area contributed by atoms with Crippen LogP contribution in [0.2, 0.25) is 0 Å². The highest BCUT2D eigenvalue weighted by molar-refractivity contribution is 7.47. The van der Waals surface area contributed by atoms with E-state index >= 15 is 0 Å². The largest absolute Gasteiger partial charge is 0.498 e. The van der Waals surface area contributed by atoms with E-state index in [1.165, 1.54) is 96.2 Å². The Morgan fingerprint density at radius 3 is 1.50 bits per heavy atom. The summed E-state index contributed by atoms with van der Waals surface area (Å²) in [6, 6.07) is 0. The van der Waals surface area contributed by atoms with Crippen LogP contribution < -0.4 is 0 Å². The Morgan fingerprint density at radius 1 is 0.550 bits per heavy atom. The molecule has 1 aliphatic rings. The molecule has 1 rings (SSSR count). The molecule has 1 saturated carbocycles. The van der Waals surface area contributed by atoms with Crippen molar-refractivity contribution >= 4 is 13.8 Å². The fourth-order valence-corrected chi connectivity index (χ4v) is 7.75. The summed E-state index contributed by atoms with van der Waals surface area (Å²) in [5.41, 5.74) is 0. The van der Waals surface area contributed by atoms with Crippen molar-refractivity contribution < 1.29 is 58.3 Å². The first-order valence-electron chi connectivity index (χ1n) is 23.2. The predicted molar refractivity (Wildman–Crippen MR) is 239 cm³/mol. The van der Waals surface area contributed by atoms with Crippen LogP contribution in [0.3, 0.4) is 0 Å². The van der Waals surface area contributed by atoms with Gasteiger partial charge in [-0.1, -0.05) is 159 Å². The molecule has 60 heavy (non-hydrogen) atoms. The van der Waals surface area contributed by atoms with Gasteiger partial charge in [0.1, 0.15) is 43.2 Å². The maximum Gasteiger partial charge on any atom is 0.472 e. The second-order valence-corrected chi connectivity index (χ2v) is 17.3. The number of aliphatic hydroxyl groups excluding tert-OH is 5. The lowest BCUT2D eigenvalue weighted by molar-refractivity contribution is -0.220. The summed E-state index contributed by atoms with van der Waals surface area (Å²) >= 11 is 0. The standard InChI is InChI=1S/C47H83O12P/c1-3-5-7-9-11-13-15-17-19-20-21-23-25-27-29-31-33-35-37-56-38-40(39-57-60(54,55)59-47-45(52)43(50)42(49)44(51)46(47)53)58-41(48)36-34-32-30-28-26-24-22-18-16-14-12-10-8-6-4-2/h6,8,12,14,18,22,26,28,35,37,40,42-47,49-53H,3-5,7,9-11,13,15-17,19-21,23-25,27,29-34,36,38-39H2,1-2H3,(H,54,55)/b8-6-,14-12-,22-18-,28-26-,37-35-/t40-,42?,43-,44?,45?,46?,47?/m1/s1. The third kappa shape index (κ3) is 29.2. The minimum Gasteiger partial charge on any atom is -0.498 e. The summed E-state index contributed by atoms with van der Waals surface area (Å²) in [5.74, 6) is -0.540. The van der Waals surface area contributed by atoms with Crippen molar-refractivity contribution in [3.05, 3.63) is 60.9 Å². The summed E-state index contributed by atoms with van der Waals surface area (Å²) in [5, 5.41) is 50.1. The second-order valence-electron chi connectivity index (χ2n) is 15.9. The Labute approximate surface area is 362 Å². The van der Waals surface area contributed by atoms with Crippen molar-refractivity contribution in [1.29, 1.82) is 0 Å². The van der Waals surface area contributed by atoms with Crippen molar-refractivity contribution in [2.24, 2.45) is 0 Å². The maximum atomic E-state index is 12.8. The number of ether oxygens (including phenoxy) is 2. The SMILES string of the molecule is CC/C=C\C/C=C\C/C=C\C/C=C\CCCCC(=O)O[C@H](CO/C=C\CCCCCCCCCCCCCCCCCC)COP(=O)(O)OC1C(O)C(O)C(O)[C@@H](O)C1O. The molecule has 0 aromatic carbocycles. The zero-order valence-electron chi connectivity index (χ0n) is 37.0. The van der Waals surface area contributed by atoms with Gasteiger partial charge in [-0.3, -0.25) is 13.8 Å². The van der Waals surface area contributed by atoms with Gasteiger partial charge in [0.25, 0.3) is 0 Å². The molecule has 0 aromatic heterocycles. The number of rotatable bonds is 38. The minimum atomic E-state index is -5.05. The van der Waals surface area contributed by atoms with Gasteiger partial charge in [-0.25, -0.2) is 4.57 Å². The number of unbranched alkanes of at least 4 members (excludes halogenated alkanes) is 18. The Morgan fingerprint density at radius 2 is 0.983 bits per heavy atom. The number of aliphatic hydroxyl groups is 5. The number of allylic oxidation sites excluding steroid dienone is 9. The normalized spacial score (nSPS) is 22.8. The summed E-state index contributed by atoms with van der Waals surface area (Å²) in [7, 11) is -5.05. The third-order valence-electron chi connectivity index (χ3n) is 10.5. The lowest BCUT2D eigenvalue weighted by atomic mass is 9.85. The fourth-order valence-electron chi connectivity index (χ4n) is 6.78. The van der Waals surface area contributed by atoms with Crippen LogP contribution in [0, 0.1) is 0 Å². The quantitative estimate of drug-likeness (QED) is 0.0113. The van der Waals surface area contributed by atoms with E-state index in [9.17, 15) is 39.8 Å². The maximum absolute atomic E-state index is 12.8. The van der Waals surface area contributed by atoms with Crippen LogP contribution >= 0.6 is 7.82 Å². The Hall–Kier alpha value is -2.12. The third-order valence-corrected chi connectivity index (χ3v) is 11.5. The van der Waals surface area contributed by atoms with E-state index in [4.69, 9.17) is 18.5 Å². The molecule has 348 valence electrons. The van der Waals surface area contributed by atoms with E-state index in [-0.39, 0.29) is 13.0 Å². The number of carbonyl (C=O) groups excluding carboxylic acids is 1. The van der Waals surface area contributed by atoms with E-state index < -0.39 is 63.1 Å². The van der Waals surface area contributed by atoms with Gasteiger partial charge in [0.05, 0.1) is 12.9 Å². The van der Waals surface area contributed by atoms with Crippen LogP contribution in [-0.4, -0.2) is 92.3 Å². The highest BCUT2D eigenvalue weighted by Gasteiger charge is 2.51. The number of phosphoric acid groups is 1. The first-order chi connectivity index (χ1) is 29.0. The molecule has 0 amide bonds. The number of hydrogen-bond acceptors (Lipinski definition) is 11. The van der Waals surface area contributed by atoms with E-state index in [2.05, 4.69) is 62.5 Å². The zero-order valence-corrected chi connectivity index (χ0v) is 37.9. The Bertz CT molecular complexity index is 1220. The van der Waals surface area contributed by atoms with Crippen LogP contribution in [0.5, 0.6) is 0 Å². The molecular formula is C47H83O12P. The van der Waals surface area contributed by atoms with Gasteiger partial charge >= 0.3 is 13.8 Å². The van der Waals surface area contributed by atoms with Crippen molar-refractivity contribution in [2.75, 3.05) is 13.2 Å². The van der Waals surface area contributed by atoms with Gasteiger partial charge in [-0.05, 0) is 63.9 Å². The summed E-state index contributed by atoms with van der Waals surface area (Å²) in [4.78, 5) is 23.1. The van der Waals surface area contributed by atoms with Crippen molar-refractivity contribution in [2.45, 2.75) is 217 Å². The van der Waals surface area contributed by atoms with Crippen LogP contribution in [0.25, 0.3) is 0 Å². The molecule has 0 aliphatic heterocycles. The average molecular weight is 871 g/mol. The van der Waals surface area contributed by atoms with Crippen molar-refractivity contribution in [1.82, 2.24) is 0 Å². The molecule has 0 saturated heterocycles. The van der Waals surface area contributed by atoms with Gasteiger partial charge in [-0.15, -0.1) is 0 Å². The molecule has 12 nitrogen and oxygen atoms in total. The van der Waals surface area contributed by atoms with Gasteiger partial charge in [0.2, 0.25) is 0 Å². The molecule has 13 heteroatoms. The Balaban J connectivity index is 2.45. The predicted octanol–water partition coefficient (Wildman–Crippen LogP) is 9.77. The minimum absolute atomic E-state index is 0.116. The highest BCUT2D eigenvalue weighted by Crippen LogP contribution is 2.47. The first kappa shape index (κ1) is 55.9. The smallest absolute Gasteiger partial charge is 0.472 e. The fraction of sp³-hybridized carbons (Fsp3) is 0.766. The number of hydrogen-bond donors (Lipinski definition) is 6. The topological polar surface area (TPSA) is 192 Å². The van der Waals surface area contributed by atoms with Crippen LogP contribution in [0.4, 0.5) is 0 Å². The number of esters is 1. The van der Waals surface area contributed by atoms with Crippen LogP contribution in [0.15, 0.2) is 60.9 Å². The van der Waals surface area contributed by atoms with Gasteiger partial charge in [-0.2, -0.15) is 0 Å². The molecular weight excluding hydrogens is 787 g/mol. The van der Waals surface area contributed by atoms with Gasteiger partial charge < -0.3 is 39.9 Å². The molecule has 0 spiro atoms. The first-order valence-corrected chi connectivity index (χ1v) is 24.7. The lowest BCUT2D eigenvalue weighted by Gasteiger charge is -2.41. The summed E-state index contributed by atoms with van der Waals surface area (Å²) in [6.07, 6.45) is 35.2. The lowest BCUT2D eigenvalue weighted by Crippen LogP contribution is -2.64. The molecule has 0 heterocycles. The van der Waals surface area contributed by atoms with E-state index in [0.717, 1.165) is 57.8 Å². The monoisotopic (exact) mass is 871 g/mol. The molecule has 6 unspecified atom stereocenters. The Kier molecular flexibility index (Phi) is 34.9.